The van der Waals surface area contributed by atoms with Gasteiger partial charge in [-0.05, 0) is 18.9 Å². The molecule has 19 heavy (non-hydrogen) atoms. The van der Waals surface area contributed by atoms with Crippen LogP contribution in [0.2, 0.25) is 0 Å². The van der Waals surface area contributed by atoms with Crippen molar-refractivity contribution < 1.29 is 4.79 Å². The van der Waals surface area contributed by atoms with Crippen molar-refractivity contribution in [2.24, 2.45) is 5.92 Å². The van der Waals surface area contributed by atoms with Crippen LogP contribution in [-0.2, 0) is 11.3 Å². The standard InChI is InChI=1S/C15H25N3O/c1-4-14(5-2)18-9-6-13(16-18)11-17-8-7-15(19)12(3)10-17/h6,9,12,14H,4-5,7-8,10-11H2,1-3H3. The first-order valence-electron chi connectivity index (χ1n) is 7.43. The smallest absolute Gasteiger partial charge is 0.138 e. The van der Waals surface area contributed by atoms with Gasteiger partial charge in [0.1, 0.15) is 5.78 Å². The highest BCUT2D eigenvalue weighted by molar-refractivity contribution is 5.81. The van der Waals surface area contributed by atoms with Crippen molar-refractivity contribution in [3.8, 4) is 0 Å². The second kappa shape index (κ2) is 6.33. The van der Waals surface area contributed by atoms with Crippen molar-refractivity contribution in [3.05, 3.63) is 18.0 Å². The van der Waals surface area contributed by atoms with Crippen LogP contribution < -0.4 is 0 Å². The first-order valence-corrected chi connectivity index (χ1v) is 7.43. The van der Waals surface area contributed by atoms with Crippen molar-refractivity contribution in [3.63, 3.8) is 0 Å². The molecule has 0 radical (unpaired) electrons. The molecule has 1 aromatic rings. The summed E-state index contributed by atoms with van der Waals surface area (Å²) >= 11 is 0. The van der Waals surface area contributed by atoms with Gasteiger partial charge in [-0.1, -0.05) is 20.8 Å². The molecule has 106 valence electrons. The Morgan fingerprint density at radius 2 is 2.16 bits per heavy atom. The van der Waals surface area contributed by atoms with Crippen LogP contribution in [0.3, 0.4) is 0 Å². The van der Waals surface area contributed by atoms with Gasteiger partial charge in [0.15, 0.2) is 0 Å². The Kier molecular flexibility index (Phi) is 4.75. The Balaban J connectivity index is 1.95. The number of rotatable bonds is 5. The van der Waals surface area contributed by atoms with E-state index in [4.69, 9.17) is 0 Å². The van der Waals surface area contributed by atoms with Crippen molar-refractivity contribution in [1.29, 1.82) is 0 Å². The Bertz CT molecular complexity index is 423. The van der Waals surface area contributed by atoms with E-state index in [-0.39, 0.29) is 5.92 Å². The molecule has 0 N–H and O–H groups in total. The summed E-state index contributed by atoms with van der Waals surface area (Å²) in [5, 5.41) is 4.68. The Morgan fingerprint density at radius 1 is 1.42 bits per heavy atom. The van der Waals surface area contributed by atoms with Gasteiger partial charge in [0.2, 0.25) is 0 Å². The number of likely N-dealkylation sites (tertiary alicyclic amines) is 1. The van der Waals surface area contributed by atoms with Crippen molar-refractivity contribution in [2.45, 2.75) is 52.6 Å². The van der Waals surface area contributed by atoms with Crippen LogP contribution in [0.1, 0.15) is 51.8 Å². The molecule has 1 fully saturated rings. The maximum Gasteiger partial charge on any atom is 0.138 e. The lowest BCUT2D eigenvalue weighted by Gasteiger charge is -2.29. The highest BCUT2D eigenvalue weighted by Gasteiger charge is 2.23. The first-order chi connectivity index (χ1) is 9.13. The third kappa shape index (κ3) is 3.44. The highest BCUT2D eigenvalue weighted by Crippen LogP contribution is 2.17. The average Bonchev–Trinajstić information content (AvgIpc) is 2.84. The molecular weight excluding hydrogens is 238 g/mol. The molecule has 1 aliphatic heterocycles. The first kappa shape index (κ1) is 14.3. The lowest BCUT2D eigenvalue weighted by Crippen LogP contribution is -2.39. The lowest BCUT2D eigenvalue weighted by atomic mass is 9.98. The average molecular weight is 263 g/mol. The molecule has 1 aromatic heterocycles. The topological polar surface area (TPSA) is 38.1 Å². The van der Waals surface area contributed by atoms with Crippen LogP contribution in [0.4, 0.5) is 0 Å². The molecule has 1 saturated heterocycles. The number of ketones is 1. The van der Waals surface area contributed by atoms with E-state index >= 15 is 0 Å². The van der Waals surface area contributed by atoms with Crippen LogP contribution in [-0.4, -0.2) is 33.6 Å². The molecule has 1 atom stereocenters. The van der Waals surface area contributed by atoms with Crippen LogP contribution in [0.5, 0.6) is 0 Å². The number of hydrogen-bond donors (Lipinski definition) is 0. The molecular formula is C15H25N3O. The van der Waals surface area contributed by atoms with E-state index in [1.54, 1.807) is 0 Å². The van der Waals surface area contributed by atoms with Gasteiger partial charge in [0.05, 0.1) is 11.7 Å². The number of piperidine rings is 1. The fourth-order valence-corrected chi connectivity index (χ4v) is 2.80. The largest absolute Gasteiger partial charge is 0.299 e. The van der Waals surface area contributed by atoms with E-state index in [1.807, 2.05) is 6.92 Å². The fraction of sp³-hybridized carbons (Fsp3) is 0.733. The van der Waals surface area contributed by atoms with E-state index in [0.29, 0.717) is 18.2 Å². The highest BCUT2D eigenvalue weighted by atomic mass is 16.1. The summed E-state index contributed by atoms with van der Waals surface area (Å²) < 4.78 is 2.09. The zero-order valence-electron chi connectivity index (χ0n) is 12.3. The molecule has 2 rings (SSSR count). The van der Waals surface area contributed by atoms with E-state index < -0.39 is 0 Å². The summed E-state index contributed by atoms with van der Waals surface area (Å²) in [4.78, 5) is 13.9. The second-order valence-electron chi connectivity index (χ2n) is 5.61. The number of aromatic nitrogens is 2. The maximum atomic E-state index is 11.5. The minimum atomic E-state index is 0.176. The molecule has 1 unspecified atom stereocenters. The van der Waals surface area contributed by atoms with E-state index in [0.717, 1.165) is 38.2 Å². The molecule has 0 aromatic carbocycles. The van der Waals surface area contributed by atoms with E-state index in [2.05, 4.69) is 40.8 Å². The van der Waals surface area contributed by atoms with Gasteiger partial charge in [-0.2, -0.15) is 5.10 Å². The Labute approximate surface area is 115 Å². The summed E-state index contributed by atoms with van der Waals surface area (Å²) in [5.74, 6) is 0.577. The summed E-state index contributed by atoms with van der Waals surface area (Å²) in [6.07, 6.45) is 5.01. The zero-order valence-corrected chi connectivity index (χ0v) is 12.3. The van der Waals surface area contributed by atoms with Crippen molar-refractivity contribution >= 4 is 5.78 Å². The number of nitrogens with zero attached hydrogens (tertiary/aromatic N) is 3. The normalized spacial score (nSPS) is 21.3. The minimum Gasteiger partial charge on any atom is -0.299 e. The number of carbonyl (C=O) groups excluding carboxylic acids is 1. The number of hydrogen-bond acceptors (Lipinski definition) is 3. The summed E-state index contributed by atoms with van der Waals surface area (Å²) in [7, 11) is 0. The maximum absolute atomic E-state index is 11.5. The van der Waals surface area contributed by atoms with Gasteiger partial charge < -0.3 is 0 Å². The molecule has 0 bridgehead atoms. The minimum absolute atomic E-state index is 0.176. The quantitative estimate of drug-likeness (QED) is 0.819. The summed E-state index contributed by atoms with van der Waals surface area (Å²) in [5.41, 5.74) is 1.12. The van der Waals surface area contributed by atoms with Gasteiger partial charge in [-0.25, -0.2) is 0 Å². The predicted molar refractivity (Wildman–Crippen MR) is 75.9 cm³/mol. The van der Waals surface area contributed by atoms with E-state index in [1.165, 1.54) is 0 Å². The third-order valence-corrected chi connectivity index (χ3v) is 4.12. The summed E-state index contributed by atoms with van der Waals surface area (Å²) in [6.45, 7) is 9.04. The Morgan fingerprint density at radius 3 is 2.79 bits per heavy atom. The molecule has 0 spiro atoms. The molecule has 1 aliphatic rings. The Hall–Kier alpha value is -1.16. The summed E-state index contributed by atoms with van der Waals surface area (Å²) in [6, 6.07) is 2.62. The monoisotopic (exact) mass is 263 g/mol. The zero-order chi connectivity index (χ0) is 13.8. The van der Waals surface area contributed by atoms with Gasteiger partial charge in [0.25, 0.3) is 0 Å². The van der Waals surface area contributed by atoms with Crippen LogP contribution in [0.25, 0.3) is 0 Å². The molecule has 2 heterocycles. The third-order valence-electron chi connectivity index (χ3n) is 4.12. The molecule has 0 saturated carbocycles. The fourth-order valence-electron chi connectivity index (χ4n) is 2.80. The second-order valence-corrected chi connectivity index (χ2v) is 5.61. The van der Waals surface area contributed by atoms with Crippen LogP contribution in [0, 0.1) is 5.92 Å². The lowest BCUT2D eigenvalue weighted by molar-refractivity contribution is -0.125. The molecule has 4 nitrogen and oxygen atoms in total. The van der Waals surface area contributed by atoms with Gasteiger partial charge in [0, 0.05) is 38.2 Å². The molecule has 4 heteroatoms. The number of carbonyl (C=O) groups is 1. The van der Waals surface area contributed by atoms with Gasteiger partial charge >= 0.3 is 0 Å². The van der Waals surface area contributed by atoms with E-state index in [9.17, 15) is 4.79 Å². The number of Topliss-reactive ketones (excluding diaryl/α,β-unsaturated/α-hetero) is 1. The molecule has 0 amide bonds. The molecule has 0 aliphatic carbocycles. The van der Waals surface area contributed by atoms with Crippen molar-refractivity contribution in [1.82, 2.24) is 14.7 Å². The van der Waals surface area contributed by atoms with Gasteiger partial charge in [-0.3, -0.25) is 14.4 Å². The van der Waals surface area contributed by atoms with Crippen LogP contribution >= 0.6 is 0 Å². The SMILES string of the molecule is CCC(CC)n1ccc(CN2CCC(=O)C(C)C2)n1. The predicted octanol–water partition coefficient (Wildman–Crippen LogP) is 2.66. The van der Waals surface area contributed by atoms with Crippen molar-refractivity contribution in [2.75, 3.05) is 13.1 Å². The van der Waals surface area contributed by atoms with Gasteiger partial charge in [-0.15, -0.1) is 0 Å². The van der Waals surface area contributed by atoms with Crippen LogP contribution in [0.15, 0.2) is 12.3 Å².